The molecule has 2 atom stereocenters. The van der Waals surface area contributed by atoms with Gasteiger partial charge in [0.2, 0.25) is 15.9 Å². The van der Waals surface area contributed by atoms with Crippen molar-refractivity contribution in [3.63, 3.8) is 0 Å². The second-order valence-electron chi connectivity index (χ2n) is 11.8. The summed E-state index contributed by atoms with van der Waals surface area (Å²) in [5.74, 6) is -2.09. The number of nitrogens with one attached hydrogen (secondary N) is 2. The predicted molar refractivity (Wildman–Crippen MR) is 149 cm³/mol. The first-order chi connectivity index (χ1) is 17.4. The van der Waals surface area contributed by atoms with Crippen LogP contribution >= 0.6 is 0 Å². The van der Waals surface area contributed by atoms with Gasteiger partial charge in [-0.05, 0) is 68.4 Å². The Morgan fingerprint density at radius 3 is 2.21 bits per heavy atom. The van der Waals surface area contributed by atoms with Crippen molar-refractivity contribution < 1.29 is 27.1 Å². The lowest BCUT2D eigenvalue weighted by atomic mass is 9.82. The van der Waals surface area contributed by atoms with Crippen LogP contribution in [0.2, 0.25) is 0 Å². The van der Waals surface area contributed by atoms with Crippen LogP contribution in [-0.4, -0.2) is 39.2 Å². The van der Waals surface area contributed by atoms with Crippen molar-refractivity contribution in [1.29, 1.82) is 0 Å². The minimum atomic E-state index is -3.64. The van der Waals surface area contributed by atoms with Gasteiger partial charge in [0.25, 0.3) is 0 Å². The monoisotopic (exact) mass is 548 g/mol. The highest BCUT2D eigenvalue weighted by molar-refractivity contribution is 7.92. The van der Waals surface area contributed by atoms with Crippen LogP contribution in [-0.2, 0) is 36.2 Å². The van der Waals surface area contributed by atoms with Gasteiger partial charge in [-0.15, -0.1) is 0 Å². The number of ether oxygens (including phenoxy) is 1. The summed E-state index contributed by atoms with van der Waals surface area (Å²) < 4.78 is 45.0. The van der Waals surface area contributed by atoms with Gasteiger partial charge in [0, 0.05) is 12.5 Å². The fraction of sp³-hybridized carbons (Fsp3) is 0.517. The molecule has 0 aliphatic rings. The summed E-state index contributed by atoms with van der Waals surface area (Å²) in [6.45, 7) is 13.5. The SMILES string of the molecule is C[C@H](C(=O)NC(CCOC(=O)C(C)(C)C)Cc1ccccc1C(C)(C)C)c1ccc(NS(C)(=O)=O)c(F)c1. The van der Waals surface area contributed by atoms with E-state index < -0.39 is 27.2 Å². The number of halogens is 1. The number of sulfonamides is 1. The molecule has 0 aromatic heterocycles. The molecule has 1 unspecified atom stereocenters. The van der Waals surface area contributed by atoms with Gasteiger partial charge in [-0.3, -0.25) is 14.3 Å². The maximum Gasteiger partial charge on any atom is 0.311 e. The highest BCUT2D eigenvalue weighted by atomic mass is 32.2. The van der Waals surface area contributed by atoms with Gasteiger partial charge in [0.1, 0.15) is 5.82 Å². The molecule has 2 aromatic rings. The lowest BCUT2D eigenvalue weighted by Crippen LogP contribution is -2.40. The second kappa shape index (κ2) is 12.3. The maximum atomic E-state index is 14.5. The number of carbonyl (C=O) groups is 2. The molecule has 0 aliphatic carbocycles. The van der Waals surface area contributed by atoms with E-state index in [1.165, 1.54) is 12.1 Å². The minimum absolute atomic E-state index is 0.101. The van der Waals surface area contributed by atoms with Crippen LogP contribution in [0.25, 0.3) is 0 Å². The van der Waals surface area contributed by atoms with Crippen LogP contribution in [0.4, 0.5) is 10.1 Å². The van der Waals surface area contributed by atoms with Gasteiger partial charge in [0.05, 0.1) is 29.9 Å². The summed E-state index contributed by atoms with van der Waals surface area (Å²) >= 11 is 0. The molecule has 2 aromatic carbocycles. The molecular formula is C29H41FN2O5S. The van der Waals surface area contributed by atoms with Crippen molar-refractivity contribution in [2.24, 2.45) is 5.41 Å². The van der Waals surface area contributed by atoms with E-state index in [2.05, 4.69) is 36.9 Å². The largest absolute Gasteiger partial charge is 0.465 e. The fourth-order valence-electron chi connectivity index (χ4n) is 3.99. The number of anilines is 1. The first-order valence-electron chi connectivity index (χ1n) is 12.7. The zero-order valence-electron chi connectivity index (χ0n) is 23.6. The highest BCUT2D eigenvalue weighted by Gasteiger charge is 2.26. The van der Waals surface area contributed by atoms with Gasteiger partial charge in [-0.25, -0.2) is 12.8 Å². The third-order valence-corrected chi connectivity index (χ3v) is 6.72. The van der Waals surface area contributed by atoms with Gasteiger partial charge in [-0.2, -0.15) is 0 Å². The zero-order valence-corrected chi connectivity index (χ0v) is 24.5. The molecule has 2 N–H and O–H groups in total. The van der Waals surface area contributed by atoms with Crippen LogP contribution in [0.15, 0.2) is 42.5 Å². The first-order valence-corrected chi connectivity index (χ1v) is 14.6. The quantitative estimate of drug-likeness (QED) is 0.392. The van der Waals surface area contributed by atoms with E-state index in [1.807, 2.05) is 18.2 Å². The number of carbonyl (C=O) groups excluding carboxylic acids is 2. The molecule has 1 amide bonds. The summed E-state index contributed by atoms with van der Waals surface area (Å²) in [6, 6.07) is 11.7. The predicted octanol–water partition coefficient (Wildman–Crippen LogP) is 5.31. The maximum absolute atomic E-state index is 14.5. The third-order valence-electron chi connectivity index (χ3n) is 6.13. The Morgan fingerprint density at radius 1 is 1.03 bits per heavy atom. The van der Waals surface area contributed by atoms with Crippen LogP contribution in [0, 0.1) is 11.2 Å². The van der Waals surface area contributed by atoms with E-state index >= 15 is 0 Å². The summed E-state index contributed by atoms with van der Waals surface area (Å²) in [5.41, 5.74) is 1.75. The minimum Gasteiger partial charge on any atom is -0.465 e. The molecule has 0 bridgehead atoms. The Kier molecular flexibility index (Phi) is 10.1. The summed E-state index contributed by atoms with van der Waals surface area (Å²) in [4.78, 5) is 25.5. The van der Waals surface area contributed by atoms with Crippen LogP contribution in [0.5, 0.6) is 0 Å². The third kappa shape index (κ3) is 9.42. The molecule has 0 aliphatic heterocycles. The van der Waals surface area contributed by atoms with E-state index in [-0.39, 0.29) is 35.6 Å². The van der Waals surface area contributed by atoms with Crippen LogP contribution < -0.4 is 10.0 Å². The lowest BCUT2D eigenvalue weighted by molar-refractivity contribution is -0.153. The number of benzene rings is 2. The number of hydrogen-bond donors (Lipinski definition) is 2. The molecule has 0 spiro atoms. The fourth-order valence-corrected chi connectivity index (χ4v) is 4.56. The van der Waals surface area contributed by atoms with E-state index in [0.717, 1.165) is 23.4 Å². The van der Waals surface area contributed by atoms with Gasteiger partial charge in [0.15, 0.2) is 0 Å². The lowest BCUT2D eigenvalue weighted by Gasteiger charge is -2.27. The average Bonchev–Trinajstić information content (AvgIpc) is 2.77. The van der Waals surface area contributed by atoms with Crippen LogP contribution in [0.1, 0.15) is 77.5 Å². The Bertz CT molecular complexity index is 1250. The Hall–Kier alpha value is -2.94. The summed E-state index contributed by atoms with van der Waals surface area (Å²) in [6.07, 6.45) is 1.88. The number of amides is 1. The number of hydrogen-bond acceptors (Lipinski definition) is 5. The van der Waals surface area contributed by atoms with Gasteiger partial charge < -0.3 is 10.1 Å². The molecule has 210 valence electrons. The summed E-state index contributed by atoms with van der Waals surface area (Å²) in [7, 11) is -3.64. The molecule has 0 fully saturated rings. The van der Waals surface area contributed by atoms with Crippen molar-refractivity contribution in [3.05, 3.63) is 65.0 Å². The van der Waals surface area contributed by atoms with Gasteiger partial charge in [-0.1, -0.05) is 51.1 Å². The average molecular weight is 549 g/mol. The van der Waals surface area contributed by atoms with E-state index in [9.17, 15) is 22.4 Å². The van der Waals surface area contributed by atoms with E-state index in [0.29, 0.717) is 18.4 Å². The van der Waals surface area contributed by atoms with Crippen molar-refractivity contribution >= 4 is 27.6 Å². The molecule has 7 nitrogen and oxygen atoms in total. The number of esters is 1. The molecule has 0 radical (unpaired) electrons. The Balaban J connectivity index is 2.24. The summed E-state index contributed by atoms with van der Waals surface area (Å²) in [5, 5.41) is 3.06. The standard InChI is InChI=1S/C29H41FN2O5S/c1-19(20-13-14-25(24(30)18-20)32-38(8,35)36)26(33)31-22(15-16-37-27(34)29(5,6)7)17-21-11-9-10-12-23(21)28(2,3)4/h9-14,18-19,22,32H,15-17H2,1-8H3,(H,31,33)/t19-,22?/m0/s1. The topological polar surface area (TPSA) is 102 Å². The van der Waals surface area contributed by atoms with E-state index in [1.54, 1.807) is 27.7 Å². The van der Waals surface area contributed by atoms with Crippen molar-refractivity contribution in [2.45, 2.75) is 78.7 Å². The smallest absolute Gasteiger partial charge is 0.311 e. The first kappa shape index (κ1) is 31.3. The van der Waals surface area contributed by atoms with Crippen LogP contribution in [0.3, 0.4) is 0 Å². The molecule has 9 heteroatoms. The number of rotatable bonds is 10. The van der Waals surface area contributed by atoms with Crippen molar-refractivity contribution in [2.75, 3.05) is 17.6 Å². The highest BCUT2D eigenvalue weighted by Crippen LogP contribution is 2.28. The Labute approximate surface area is 226 Å². The van der Waals surface area contributed by atoms with Crippen molar-refractivity contribution in [3.8, 4) is 0 Å². The molecular weight excluding hydrogens is 507 g/mol. The molecule has 38 heavy (non-hydrogen) atoms. The molecule has 0 saturated heterocycles. The molecule has 2 rings (SSSR count). The normalized spacial score (nSPS) is 13.9. The van der Waals surface area contributed by atoms with Gasteiger partial charge >= 0.3 is 5.97 Å². The molecule has 0 saturated carbocycles. The van der Waals surface area contributed by atoms with Crippen molar-refractivity contribution in [1.82, 2.24) is 5.32 Å². The second-order valence-corrected chi connectivity index (χ2v) is 13.6. The molecule has 0 heterocycles. The Morgan fingerprint density at radius 2 is 1.66 bits per heavy atom. The van der Waals surface area contributed by atoms with E-state index in [4.69, 9.17) is 4.74 Å². The zero-order chi connectivity index (χ0) is 28.9.